The van der Waals surface area contributed by atoms with Crippen LogP contribution in [-0.4, -0.2) is 9.79 Å². The van der Waals surface area contributed by atoms with E-state index in [1.807, 2.05) is 0 Å². The highest BCUT2D eigenvalue weighted by molar-refractivity contribution is 7.46. The molecule has 0 aliphatic carbocycles. The second kappa shape index (κ2) is 4.40. The van der Waals surface area contributed by atoms with Gasteiger partial charge in [-0.15, -0.1) is 0 Å². The molecule has 18 heavy (non-hydrogen) atoms. The van der Waals surface area contributed by atoms with Gasteiger partial charge in [-0.3, -0.25) is 0 Å². The molecule has 0 radical (unpaired) electrons. The van der Waals surface area contributed by atoms with Gasteiger partial charge in [-0.05, 0) is 16.8 Å². The van der Waals surface area contributed by atoms with Crippen molar-refractivity contribution in [2.24, 2.45) is 0 Å². The van der Waals surface area contributed by atoms with Crippen molar-refractivity contribution in [2.45, 2.75) is 6.11 Å². The van der Waals surface area contributed by atoms with Crippen molar-refractivity contribution in [3.05, 3.63) is 48.0 Å². The van der Waals surface area contributed by atoms with Crippen molar-refractivity contribution < 1.29 is 27.7 Å². The highest BCUT2D eigenvalue weighted by Gasteiger charge is 2.41. The lowest BCUT2D eigenvalue weighted by Crippen LogP contribution is -2.17. The number of rotatable bonds is 3. The molecule has 0 bridgehead atoms. The third-order valence-corrected chi connectivity index (χ3v) is 2.80. The van der Waals surface area contributed by atoms with Crippen LogP contribution in [0.5, 0.6) is 0 Å². The summed E-state index contributed by atoms with van der Waals surface area (Å²) < 4.78 is 41.4. The molecule has 7 heteroatoms. The van der Waals surface area contributed by atoms with Gasteiger partial charge in [0, 0.05) is 0 Å². The van der Waals surface area contributed by atoms with Crippen LogP contribution >= 0.6 is 7.82 Å². The van der Waals surface area contributed by atoms with Crippen LogP contribution in [0.4, 0.5) is 8.78 Å². The summed E-state index contributed by atoms with van der Waals surface area (Å²) in [6.07, 6.45) is -4.06. The molecule has 0 aliphatic heterocycles. The van der Waals surface area contributed by atoms with Crippen molar-refractivity contribution in [3.8, 4) is 0 Å². The SMILES string of the molecule is O=P(O)(O)OC(F)(F)c1cccc2ccccc12. The smallest absolute Gasteiger partial charge is 0.303 e. The number of alkyl halides is 2. The standard InChI is InChI=1S/C11H9F2O4P/c12-11(13,17-18(14,15)16)10-7-3-5-8-4-1-2-6-9(8)10/h1-7H,(H2,14,15,16). The van der Waals surface area contributed by atoms with Gasteiger partial charge in [0.25, 0.3) is 0 Å². The van der Waals surface area contributed by atoms with Crippen LogP contribution in [0.25, 0.3) is 10.8 Å². The molecular weight excluding hydrogens is 265 g/mol. The molecule has 0 amide bonds. The van der Waals surface area contributed by atoms with E-state index in [0.29, 0.717) is 5.39 Å². The predicted octanol–water partition coefficient (Wildman–Crippen LogP) is 3.00. The van der Waals surface area contributed by atoms with Crippen LogP contribution in [0, 0.1) is 0 Å². The van der Waals surface area contributed by atoms with Crippen LogP contribution in [0.3, 0.4) is 0 Å². The first-order chi connectivity index (χ1) is 8.30. The first kappa shape index (κ1) is 13.1. The van der Waals surface area contributed by atoms with Crippen LogP contribution in [0.2, 0.25) is 0 Å². The lowest BCUT2D eigenvalue weighted by molar-refractivity contribution is -0.194. The van der Waals surface area contributed by atoms with E-state index in [2.05, 4.69) is 4.52 Å². The van der Waals surface area contributed by atoms with Gasteiger partial charge in [0.2, 0.25) is 0 Å². The molecule has 2 N–H and O–H groups in total. The second-order valence-electron chi connectivity index (χ2n) is 3.63. The molecule has 4 nitrogen and oxygen atoms in total. The van der Waals surface area contributed by atoms with E-state index >= 15 is 0 Å². The number of hydrogen-bond donors (Lipinski definition) is 2. The number of phosphoric ester groups is 1. The van der Waals surface area contributed by atoms with Gasteiger partial charge >= 0.3 is 13.9 Å². The Kier molecular flexibility index (Phi) is 3.21. The number of benzene rings is 2. The molecule has 0 aliphatic rings. The van der Waals surface area contributed by atoms with Gasteiger partial charge in [-0.25, -0.2) is 9.09 Å². The van der Waals surface area contributed by atoms with Crippen molar-refractivity contribution in [1.29, 1.82) is 0 Å². The van der Waals surface area contributed by atoms with Crippen molar-refractivity contribution in [3.63, 3.8) is 0 Å². The minimum Gasteiger partial charge on any atom is -0.303 e. The molecule has 0 aromatic heterocycles. The maximum Gasteiger partial charge on any atom is 0.474 e. The van der Waals surface area contributed by atoms with Gasteiger partial charge in [0.05, 0.1) is 5.56 Å². The number of phosphoric acid groups is 1. The number of fused-ring (bicyclic) bond motifs is 1. The van der Waals surface area contributed by atoms with Crippen molar-refractivity contribution >= 4 is 18.6 Å². The summed E-state index contributed by atoms with van der Waals surface area (Å²) in [5.74, 6) is 0. The maximum atomic E-state index is 13.7. The van der Waals surface area contributed by atoms with E-state index < -0.39 is 19.5 Å². The summed E-state index contributed by atoms with van der Waals surface area (Å²) in [4.78, 5) is 17.0. The molecule has 0 saturated heterocycles. The summed E-state index contributed by atoms with van der Waals surface area (Å²) in [7, 11) is -5.28. The van der Waals surface area contributed by atoms with Crippen LogP contribution in [0.15, 0.2) is 42.5 Å². The normalized spacial score (nSPS) is 12.9. The fourth-order valence-electron chi connectivity index (χ4n) is 1.68. The minimum absolute atomic E-state index is 0.179. The summed E-state index contributed by atoms with van der Waals surface area (Å²) in [5, 5.41) is 0.711. The third kappa shape index (κ3) is 2.73. The lowest BCUT2D eigenvalue weighted by Gasteiger charge is -2.18. The fourth-order valence-corrected chi connectivity index (χ4v) is 2.07. The molecule has 0 saturated carbocycles. The Morgan fingerprint density at radius 1 is 1.06 bits per heavy atom. The quantitative estimate of drug-likeness (QED) is 0.844. The zero-order valence-corrected chi connectivity index (χ0v) is 9.85. The highest BCUT2D eigenvalue weighted by atomic mass is 31.2. The Morgan fingerprint density at radius 2 is 1.67 bits per heavy atom. The predicted molar refractivity (Wildman–Crippen MR) is 61.0 cm³/mol. The molecule has 0 atom stereocenters. The Balaban J connectivity index is 2.57. The summed E-state index contributed by atoms with van der Waals surface area (Å²) >= 11 is 0. The van der Waals surface area contributed by atoms with E-state index in [1.165, 1.54) is 12.1 Å². The highest BCUT2D eigenvalue weighted by Crippen LogP contribution is 2.48. The Bertz CT molecular complexity index is 618. The molecule has 2 rings (SSSR count). The first-order valence-corrected chi connectivity index (χ1v) is 6.45. The number of halogens is 2. The van der Waals surface area contributed by atoms with Crippen molar-refractivity contribution in [1.82, 2.24) is 0 Å². The summed E-state index contributed by atoms with van der Waals surface area (Å²) in [6, 6.07) is 10.3. The fraction of sp³-hybridized carbons (Fsp3) is 0.0909. The van der Waals surface area contributed by atoms with Crippen LogP contribution < -0.4 is 0 Å². The zero-order chi connectivity index (χ0) is 13.4. The lowest BCUT2D eigenvalue weighted by atomic mass is 10.0. The first-order valence-electron chi connectivity index (χ1n) is 4.92. The molecule has 0 unspecified atom stereocenters. The molecule has 2 aromatic carbocycles. The number of hydrogen-bond acceptors (Lipinski definition) is 2. The summed E-state index contributed by atoms with van der Waals surface area (Å²) in [6.45, 7) is 0. The van der Waals surface area contributed by atoms with E-state index in [4.69, 9.17) is 9.79 Å². The monoisotopic (exact) mass is 274 g/mol. The van der Waals surface area contributed by atoms with Crippen LogP contribution in [0.1, 0.15) is 5.56 Å². The van der Waals surface area contributed by atoms with Gasteiger partial charge < -0.3 is 9.79 Å². The Morgan fingerprint density at radius 3 is 2.33 bits per heavy atom. The van der Waals surface area contributed by atoms with E-state index in [-0.39, 0.29) is 5.39 Å². The summed E-state index contributed by atoms with van der Waals surface area (Å²) in [5.41, 5.74) is -0.580. The topological polar surface area (TPSA) is 66.8 Å². The molecule has 0 fully saturated rings. The van der Waals surface area contributed by atoms with Crippen LogP contribution in [-0.2, 0) is 15.2 Å². The maximum absolute atomic E-state index is 13.7. The average molecular weight is 274 g/mol. The Labute approximate surface area is 101 Å². The Hall–Kier alpha value is -1.33. The molecule has 0 spiro atoms. The average Bonchev–Trinajstić information content (AvgIpc) is 2.25. The largest absolute Gasteiger partial charge is 0.474 e. The molecular formula is C11H9F2O4P. The zero-order valence-electron chi connectivity index (χ0n) is 8.96. The molecule has 0 heterocycles. The second-order valence-corrected chi connectivity index (χ2v) is 4.79. The van der Waals surface area contributed by atoms with E-state index in [0.717, 1.165) is 6.07 Å². The third-order valence-electron chi connectivity index (χ3n) is 2.34. The van der Waals surface area contributed by atoms with Gasteiger partial charge in [-0.2, -0.15) is 8.78 Å². The van der Waals surface area contributed by atoms with Gasteiger partial charge in [-0.1, -0.05) is 36.4 Å². The van der Waals surface area contributed by atoms with E-state index in [9.17, 15) is 13.3 Å². The molecule has 96 valence electrons. The molecule has 2 aromatic rings. The van der Waals surface area contributed by atoms with Crippen molar-refractivity contribution in [2.75, 3.05) is 0 Å². The minimum atomic E-state index is -5.28. The van der Waals surface area contributed by atoms with E-state index in [1.54, 1.807) is 24.3 Å². The van der Waals surface area contributed by atoms with Gasteiger partial charge in [0.15, 0.2) is 0 Å². The van der Waals surface area contributed by atoms with Gasteiger partial charge in [0.1, 0.15) is 0 Å².